The largest absolute Gasteiger partial charge is 0.444 e. The predicted molar refractivity (Wildman–Crippen MR) is 87.9 cm³/mol. The number of ether oxygens (including phenoxy) is 1. The summed E-state index contributed by atoms with van der Waals surface area (Å²) >= 11 is 0. The second-order valence-electron chi connectivity index (χ2n) is 7.12. The predicted octanol–water partition coefficient (Wildman–Crippen LogP) is 2.24. The molecule has 0 saturated carbocycles. The van der Waals surface area contributed by atoms with E-state index in [2.05, 4.69) is 11.6 Å². The fraction of sp³-hybridized carbons (Fsp3) is 0.750. The maximum atomic E-state index is 12.1. The molecule has 6 nitrogen and oxygen atoms in total. The average molecular weight is 311 g/mol. The molecule has 0 aromatic carbocycles. The quantitative estimate of drug-likeness (QED) is 0.639. The molecule has 1 heterocycles. The van der Waals surface area contributed by atoms with Gasteiger partial charge in [0.15, 0.2) is 0 Å². The number of nitrogens with zero attached hydrogens (tertiary/aromatic N) is 3. The minimum absolute atomic E-state index is 0.271. The number of rotatable bonds is 4. The summed E-state index contributed by atoms with van der Waals surface area (Å²) in [4.78, 5) is 19.7. The van der Waals surface area contributed by atoms with E-state index in [1.165, 1.54) is 0 Å². The molecular formula is C16H29N3O3. The molecule has 126 valence electrons. The molecule has 0 aromatic rings. The highest BCUT2D eigenvalue weighted by molar-refractivity contribution is 5.68. The molecule has 1 aliphatic heterocycles. The smallest absolute Gasteiger partial charge is 0.410 e. The van der Waals surface area contributed by atoms with E-state index in [1.54, 1.807) is 11.2 Å². The van der Waals surface area contributed by atoms with Crippen molar-refractivity contribution in [2.24, 2.45) is 4.99 Å². The maximum Gasteiger partial charge on any atom is 0.410 e. The van der Waals surface area contributed by atoms with Crippen LogP contribution in [0.1, 0.15) is 40.5 Å². The van der Waals surface area contributed by atoms with Crippen LogP contribution in [0.5, 0.6) is 0 Å². The Morgan fingerprint density at radius 3 is 2.73 bits per heavy atom. The number of carbonyl (C=O) groups excluding carboxylic acids is 1. The molecule has 0 spiro atoms. The highest BCUT2D eigenvalue weighted by Crippen LogP contribution is 2.23. The Morgan fingerprint density at radius 2 is 2.18 bits per heavy atom. The van der Waals surface area contributed by atoms with E-state index in [0.29, 0.717) is 25.2 Å². The fourth-order valence-electron chi connectivity index (χ4n) is 2.43. The van der Waals surface area contributed by atoms with Crippen molar-refractivity contribution >= 4 is 12.4 Å². The summed E-state index contributed by atoms with van der Waals surface area (Å²) in [6.07, 6.45) is 2.68. The summed E-state index contributed by atoms with van der Waals surface area (Å²) < 4.78 is 5.38. The van der Waals surface area contributed by atoms with Crippen molar-refractivity contribution in [2.75, 3.05) is 26.7 Å². The third-order valence-corrected chi connectivity index (χ3v) is 3.23. The third-order valence-electron chi connectivity index (χ3n) is 3.23. The van der Waals surface area contributed by atoms with Gasteiger partial charge in [0.05, 0.1) is 18.5 Å². The van der Waals surface area contributed by atoms with Crippen LogP contribution in [0.15, 0.2) is 17.3 Å². The highest BCUT2D eigenvalue weighted by atomic mass is 16.6. The highest BCUT2D eigenvalue weighted by Gasteiger charge is 2.37. The molecule has 0 radical (unpaired) electrons. The van der Waals surface area contributed by atoms with Gasteiger partial charge in [-0.2, -0.15) is 0 Å². The lowest BCUT2D eigenvalue weighted by Crippen LogP contribution is -2.55. The van der Waals surface area contributed by atoms with Crippen molar-refractivity contribution in [1.82, 2.24) is 9.80 Å². The van der Waals surface area contributed by atoms with Crippen LogP contribution >= 0.6 is 0 Å². The minimum atomic E-state index is -0.953. The van der Waals surface area contributed by atoms with Crippen LogP contribution in [0.4, 0.5) is 4.79 Å². The fourth-order valence-corrected chi connectivity index (χ4v) is 2.43. The van der Waals surface area contributed by atoms with Crippen LogP contribution in [0, 0.1) is 0 Å². The number of carbonyl (C=O) groups is 1. The van der Waals surface area contributed by atoms with E-state index in [-0.39, 0.29) is 12.6 Å². The van der Waals surface area contributed by atoms with E-state index in [4.69, 9.17) is 4.74 Å². The van der Waals surface area contributed by atoms with Crippen LogP contribution in [0.25, 0.3) is 0 Å². The second kappa shape index (κ2) is 7.13. The summed E-state index contributed by atoms with van der Waals surface area (Å²) in [5.41, 5.74) is -0.777. The number of likely N-dealkylation sites (tertiary alicyclic amines) is 1. The summed E-state index contributed by atoms with van der Waals surface area (Å²) in [5.74, 6) is 0. The van der Waals surface area contributed by atoms with Crippen LogP contribution in [0.2, 0.25) is 0 Å². The number of aliphatic imine (C=N–C) groups is 1. The van der Waals surface area contributed by atoms with Gasteiger partial charge in [-0.3, -0.25) is 0 Å². The Labute approximate surface area is 133 Å². The number of hydrogen-bond acceptors (Lipinski definition) is 4. The van der Waals surface area contributed by atoms with Gasteiger partial charge in [-0.25, -0.2) is 9.79 Å². The number of amides is 1. The first-order valence-electron chi connectivity index (χ1n) is 7.61. The minimum Gasteiger partial charge on any atom is -0.444 e. The lowest BCUT2D eigenvalue weighted by molar-refractivity contribution is -0.0493. The first-order chi connectivity index (χ1) is 10.0. The van der Waals surface area contributed by atoms with Gasteiger partial charge in [0, 0.05) is 25.8 Å². The molecule has 1 unspecified atom stereocenters. The van der Waals surface area contributed by atoms with E-state index in [0.717, 1.165) is 6.42 Å². The van der Waals surface area contributed by atoms with Crippen molar-refractivity contribution in [1.29, 1.82) is 0 Å². The lowest BCUT2D eigenvalue weighted by Gasteiger charge is -2.41. The number of hydrogen-bond donors (Lipinski definition) is 1. The first kappa shape index (κ1) is 18.5. The van der Waals surface area contributed by atoms with E-state index < -0.39 is 11.2 Å². The third kappa shape index (κ3) is 6.47. The molecule has 1 saturated heterocycles. The van der Waals surface area contributed by atoms with Gasteiger partial charge in [-0.15, -0.1) is 0 Å². The molecule has 0 bridgehead atoms. The van der Waals surface area contributed by atoms with Crippen molar-refractivity contribution in [3.8, 4) is 0 Å². The van der Waals surface area contributed by atoms with Gasteiger partial charge in [-0.05, 0) is 40.5 Å². The van der Waals surface area contributed by atoms with Crippen LogP contribution in [0.3, 0.4) is 0 Å². The van der Waals surface area contributed by atoms with Gasteiger partial charge < -0.3 is 19.6 Å². The van der Waals surface area contributed by atoms with Gasteiger partial charge in [0.2, 0.25) is 0 Å². The van der Waals surface area contributed by atoms with Crippen LogP contribution in [-0.4, -0.2) is 65.2 Å². The van der Waals surface area contributed by atoms with Crippen LogP contribution in [-0.2, 0) is 4.74 Å². The standard InChI is InChI=1S/C16H29N3O3/c1-13(2)17-12-18(6)10-16(21)8-7-9-19(11-16)14(20)22-15(3,4)5/h12,21H,1,7-11H2,2-6H3. The van der Waals surface area contributed by atoms with Crippen molar-refractivity contribution in [3.63, 3.8) is 0 Å². The van der Waals surface area contributed by atoms with Crippen molar-refractivity contribution in [3.05, 3.63) is 12.3 Å². The molecule has 1 rings (SSSR count). The summed E-state index contributed by atoms with van der Waals surface area (Å²) in [6, 6.07) is 0. The zero-order valence-corrected chi connectivity index (χ0v) is 14.4. The maximum absolute atomic E-state index is 12.1. The van der Waals surface area contributed by atoms with Gasteiger partial charge in [-0.1, -0.05) is 6.58 Å². The number of allylic oxidation sites excluding steroid dienone is 1. The molecule has 6 heteroatoms. The molecule has 1 amide bonds. The lowest BCUT2D eigenvalue weighted by atomic mass is 9.92. The monoisotopic (exact) mass is 311 g/mol. The average Bonchev–Trinajstić information content (AvgIpc) is 2.33. The topological polar surface area (TPSA) is 65.4 Å². The number of aliphatic hydroxyl groups is 1. The zero-order valence-electron chi connectivity index (χ0n) is 14.4. The molecule has 22 heavy (non-hydrogen) atoms. The number of piperidine rings is 1. The van der Waals surface area contributed by atoms with E-state index in [1.807, 2.05) is 39.6 Å². The molecule has 1 fully saturated rings. The van der Waals surface area contributed by atoms with Crippen LogP contribution < -0.4 is 0 Å². The molecule has 1 atom stereocenters. The number of likely N-dealkylation sites (N-methyl/N-ethyl adjacent to an activating group) is 1. The summed E-state index contributed by atoms with van der Waals surface area (Å²) in [6.45, 7) is 12.3. The molecular weight excluding hydrogens is 282 g/mol. The molecule has 0 aromatic heterocycles. The number of β-amino-alcohol motifs (C(OH)–C–C–N with tert-alkyl or cyclic N) is 1. The van der Waals surface area contributed by atoms with Gasteiger partial charge in [0.1, 0.15) is 5.60 Å². The first-order valence-corrected chi connectivity index (χ1v) is 7.61. The Bertz CT molecular complexity index is 442. The molecule has 1 aliphatic rings. The van der Waals surface area contributed by atoms with Gasteiger partial charge >= 0.3 is 6.09 Å². The molecule has 1 N–H and O–H groups in total. The Kier molecular flexibility index (Phi) is 6.00. The zero-order chi connectivity index (χ0) is 17.0. The normalized spacial score (nSPS) is 22.7. The van der Waals surface area contributed by atoms with Crippen molar-refractivity contribution in [2.45, 2.75) is 51.7 Å². The summed E-state index contributed by atoms with van der Waals surface area (Å²) in [7, 11) is 1.84. The SMILES string of the molecule is C=C(C)N=CN(C)CC1(O)CCCN(C(=O)OC(C)(C)C)C1. The second-order valence-corrected chi connectivity index (χ2v) is 7.12. The Morgan fingerprint density at radius 1 is 1.55 bits per heavy atom. The Hall–Kier alpha value is -1.56. The Balaban J connectivity index is 2.64. The van der Waals surface area contributed by atoms with E-state index in [9.17, 15) is 9.90 Å². The molecule has 0 aliphatic carbocycles. The summed E-state index contributed by atoms with van der Waals surface area (Å²) in [5, 5.41) is 10.7. The van der Waals surface area contributed by atoms with Gasteiger partial charge in [0.25, 0.3) is 0 Å². The van der Waals surface area contributed by atoms with Crippen molar-refractivity contribution < 1.29 is 14.6 Å². The van der Waals surface area contributed by atoms with E-state index >= 15 is 0 Å².